The molecule has 1 aromatic heterocycles. The number of ketones is 1. The van der Waals surface area contributed by atoms with Gasteiger partial charge in [-0.15, -0.1) is 0 Å². The number of aryl methyl sites for hydroxylation is 1. The van der Waals surface area contributed by atoms with Crippen LogP contribution in [0.15, 0.2) is 65.8 Å². The van der Waals surface area contributed by atoms with E-state index in [1.54, 1.807) is 42.7 Å². The molecule has 6 nitrogen and oxygen atoms in total. The molecule has 1 heterocycles. The quantitative estimate of drug-likeness (QED) is 0.0971. The molecule has 0 aliphatic rings. The lowest BCUT2D eigenvalue weighted by molar-refractivity contribution is 0.0696. The van der Waals surface area contributed by atoms with Crippen LogP contribution in [0.4, 0.5) is 11.4 Å². The summed E-state index contributed by atoms with van der Waals surface area (Å²) in [7, 11) is 0. The van der Waals surface area contributed by atoms with Crippen LogP contribution in [0, 0.1) is 0 Å². The number of carboxylic acids is 1. The molecule has 0 saturated carbocycles. The Hall–Kier alpha value is -3.51. The highest BCUT2D eigenvalue weighted by Crippen LogP contribution is 2.32. The number of benzene rings is 2. The molecule has 0 spiro atoms. The van der Waals surface area contributed by atoms with Crippen LogP contribution in [-0.2, 0) is 6.42 Å². The molecule has 214 valence electrons. The number of halogens is 1. The van der Waals surface area contributed by atoms with E-state index in [1.807, 2.05) is 24.3 Å². The summed E-state index contributed by atoms with van der Waals surface area (Å²) in [6, 6.07) is 16.5. The number of rotatable bonds is 13. The van der Waals surface area contributed by atoms with Gasteiger partial charge in [0.15, 0.2) is 5.78 Å². The van der Waals surface area contributed by atoms with Crippen molar-refractivity contribution in [1.82, 2.24) is 4.98 Å². The van der Waals surface area contributed by atoms with Crippen molar-refractivity contribution in [3.8, 4) is 0 Å². The largest absolute Gasteiger partial charge is 0.478 e. The van der Waals surface area contributed by atoms with E-state index in [0.29, 0.717) is 22.4 Å². The number of aromatic nitrogens is 1. The molecule has 0 amide bonds. The van der Waals surface area contributed by atoms with Gasteiger partial charge in [-0.25, -0.2) is 9.78 Å². The van der Waals surface area contributed by atoms with Gasteiger partial charge in [0, 0.05) is 30.6 Å². The first kappa shape index (κ1) is 32.7. The van der Waals surface area contributed by atoms with Gasteiger partial charge in [0.2, 0.25) is 0 Å². The highest BCUT2D eigenvalue weighted by atomic mass is 35.5. The maximum absolute atomic E-state index is 11.5. The second kappa shape index (κ2) is 17.2. The topological polar surface area (TPSA) is 82.9 Å². The Morgan fingerprint density at radius 1 is 1.00 bits per heavy atom. The van der Waals surface area contributed by atoms with E-state index in [1.165, 1.54) is 38.2 Å². The number of pyridine rings is 1. The summed E-state index contributed by atoms with van der Waals surface area (Å²) in [6.45, 7) is 11.0. The van der Waals surface area contributed by atoms with E-state index in [0.717, 1.165) is 30.6 Å². The monoisotopic (exact) mass is 563 g/mol. The summed E-state index contributed by atoms with van der Waals surface area (Å²) in [6.07, 6.45) is 10.5. The zero-order valence-electron chi connectivity index (χ0n) is 24.4. The third-order valence-corrected chi connectivity index (χ3v) is 6.97. The van der Waals surface area contributed by atoms with Crippen molar-refractivity contribution in [3.63, 3.8) is 0 Å². The van der Waals surface area contributed by atoms with Gasteiger partial charge in [-0.3, -0.25) is 9.79 Å². The van der Waals surface area contributed by atoms with Crippen LogP contribution in [0.25, 0.3) is 0 Å². The van der Waals surface area contributed by atoms with E-state index in [-0.39, 0.29) is 11.3 Å². The van der Waals surface area contributed by atoms with Gasteiger partial charge in [0.1, 0.15) is 5.15 Å². The number of Topliss-reactive ketones (excluding diaryl/α,β-unsaturated/α-hetero) is 1. The van der Waals surface area contributed by atoms with Crippen LogP contribution in [0.1, 0.15) is 98.6 Å². The van der Waals surface area contributed by atoms with Gasteiger partial charge < -0.3 is 10.0 Å². The molecule has 0 saturated heterocycles. The summed E-state index contributed by atoms with van der Waals surface area (Å²) in [5, 5.41) is 10.0. The molecule has 3 rings (SSSR count). The number of anilines is 1. The Morgan fingerprint density at radius 2 is 1.70 bits per heavy atom. The molecule has 1 atom stereocenters. The number of aliphatic imine (C=N–C) groups is 1. The van der Waals surface area contributed by atoms with E-state index < -0.39 is 5.97 Å². The van der Waals surface area contributed by atoms with Gasteiger partial charge >= 0.3 is 5.97 Å². The van der Waals surface area contributed by atoms with Crippen molar-refractivity contribution < 1.29 is 14.7 Å². The van der Waals surface area contributed by atoms with Crippen LogP contribution in [0.3, 0.4) is 0 Å². The van der Waals surface area contributed by atoms with Crippen molar-refractivity contribution >= 4 is 40.9 Å². The minimum atomic E-state index is -0.968. The smallest absolute Gasteiger partial charge is 0.335 e. The molecule has 40 heavy (non-hydrogen) atoms. The maximum atomic E-state index is 11.5. The Bertz CT molecular complexity index is 1240. The highest BCUT2D eigenvalue weighted by molar-refractivity contribution is 6.29. The van der Waals surface area contributed by atoms with Gasteiger partial charge in [0.05, 0.1) is 16.9 Å². The second-order valence-corrected chi connectivity index (χ2v) is 10.2. The maximum Gasteiger partial charge on any atom is 0.335 e. The van der Waals surface area contributed by atoms with Crippen LogP contribution < -0.4 is 4.90 Å². The van der Waals surface area contributed by atoms with Crippen LogP contribution in [-0.4, -0.2) is 40.6 Å². The fourth-order valence-electron chi connectivity index (χ4n) is 4.31. The van der Waals surface area contributed by atoms with Crippen LogP contribution >= 0.6 is 11.6 Å². The minimum Gasteiger partial charge on any atom is -0.478 e. The zero-order chi connectivity index (χ0) is 29.5. The van der Waals surface area contributed by atoms with Crippen molar-refractivity contribution in [3.05, 3.63) is 88.2 Å². The first-order chi connectivity index (χ1) is 19.2. The average Bonchev–Trinajstić information content (AvgIpc) is 2.96. The Balaban J connectivity index is 0.000000526. The minimum absolute atomic E-state index is 0.0199. The first-order valence-corrected chi connectivity index (χ1v) is 14.5. The highest BCUT2D eigenvalue weighted by Gasteiger charge is 2.17. The predicted octanol–water partition coefficient (Wildman–Crippen LogP) is 8.82. The second-order valence-electron chi connectivity index (χ2n) is 9.77. The fourth-order valence-corrected chi connectivity index (χ4v) is 4.42. The van der Waals surface area contributed by atoms with Crippen molar-refractivity contribution in [2.75, 3.05) is 11.4 Å². The lowest BCUT2D eigenvalue weighted by atomic mass is 10.1. The summed E-state index contributed by atoms with van der Waals surface area (Å²) in [5.41, 5.74) is 4.52. The molecule has 0 aliphatic carbocycles. The third kappa shape index (κ3) is 10.6. The van der Waals surface area contributed by atoms with E-state index in [9.17, 15) is 14.7 Å². The summed E-state index contributed by atoms with van der Waals surface area (Å²) < 4.78 is 0. The molecular formula is C33H42ClN3O3. The van der Waals surface area contributed by atoms with Gasteiger partial charge in [0.25, 0.3) is 0 Å². The number of carboxylic acid groups (broad SMARTS) is 1. The first-order valence-electron chi connectivity index (χ1n) is 14.1. The summed E-state index contributed by atoms with van der Waals surface area (Å²) in [5.74, 6) is -0.948. The molecule has 2 aromatic carbocycles. The van der Waals surface area contributed by atoms with Crippen molar-refractivity contribution in [2.24, 2.45) is 4.99 Å². The molecule has 7 heteroatoms. The molecule has 0 aliphatic heterocycles. The third-order valence-electron chi connectivity index (χ3n) is 6.75. The summed E-state index contributed by atoms with van der Waals surface area (Å²) in [4.78, 5) is 33.8. The molecular weight excluding hydrogens is 522 g/mol. The van der Waals surface area contributed by atoms with E-state index >= 15 is 0 Å². The fraction of sp³-hybridized carbons (Fsp3) is 0.394. The standard InChI is InChI=1S/C26H34N2O3.C7H8ClN/c1-5-7-8-9-10-19(3)28(6-2)25-16-15-23(26(30)31)17-24(25)27-18-21-11-13-22(14-12-21)20(4)29;1-2-6-3-4-7(8)9-5-6/h11-19H,5-10H2,1-4H3,(H,30,31);3-5H,2H2,1H3. The Morgan fingerprint density at radius 3 is 2.25 bits per heavy atom. The number of carbonyl (C=O) groups excluding carboxylic acids is 1. The molecule has 3 aromatic rings. The number of carbonyl (C=O) groups is 2. The Kier molecular flexibility index (Phi) is 14.1. The lowest BCUT2D eigenvalue weighted by Gasteiger charge is -2.31. The SMILES string of the molecule is CCCCCCC(C)N(CC)c1ccc(C(=O)O)cc1N=Cc1ccc(C(C)=O)cc1.CCc1ccc(Cl)nc1. The van der Waals surface area contributed by atoms with Crippen molar-refractivity contribution in [2.45, 2.75) is 79.2 Å². The molecule has 1 N–H and O–H groups in total. The predicted molar refractivity (Wildman–Crippen MR) is 167 cm³/mol. The van der Waals surface area contributed by atoms with Crippen molar-refractivity contribution in [1.29, 1.82) is 0 Å². The molecule has 0 radical (unpaired) electrons. The normalized spacial score (nSPS) is 11.6. The number of unbranched alkanes of at least 4 members (excludes halogenated alkanes) is 3. The van der Waals surface area contributed by atoms with Crippen LogP contribution in [0.2, 0.25) is 5.15 Å². The Labute approximate surface area is 244 Å². The summed E-state index contributed by atoms with van der Waals surface area (Å²) >= 11 is 5.56. The number of hydrogen-bond acceptors (Lipinski definition) is 5. The molecule has 0 bridgehead atoms. The molecule has 1 unspecified atom stereocenters. The van der Waals surface area contributed by atoms with Crippen LogP contribution in [0.5, 0.6) is 0 Å². The van der Waals surface area contributed by atoms with Gasteiger partial charge in [-0.2, -0.15) is 0 Å². The van der Waals surface area contributed by atoms with Gasteiger partial charge in [-0.05, 0) is 69.0 Å². The van der Waals surface area contributed by atoms with E-state index in [2.05, 4.69) is 42.6 Å². The lowest BCUT2D eigenvalue weighted by Crippen LogP contribution is -2.33. The number of nitrogens with zero attached hydrogens (tertiary/aromatic N) is 3. The zero-order valence-corrected chi connectivity index (χ0v) is 25.1. The molecule has 0 fully saturated rings. The van der Waals surface area contributed by atoms with Gasteiger partial charge in [-0.1, -0.05) is 81.5 Å². The number of hydrogen-bond donors (Lipinski definition) is 1. The number of aromatic carboxylic acids is 1. The van der Waals surface area contributed by atoms with E-state index in [4.69, 9.17) is 11.6 Å². The average molecular weight is 564 g/mol.